The summed E-state index contributed by atoms with van der Waals surface area (Å²) >= 11 is 0. The molecule has 1 aliphatic carbocycles. The predicted octanol–water partition coefficient (Wildman–Crippen LogP) is 20.4. The average Bonchev–Trinajstić information content (AvgIpc) is 3.51. The summed E-state index contributed by atoms with van der Waals surface area (Å²) in [5.41, 5.74) is 23.2. The fourth-order valence-electron chi connectivity index (χ4n) is 13.0. The molecule has 2 heteroatoms. The molecular weight excluding hydrogens is 953 g/mol. The first-order valence-corrected chi connectivity index (χ1v) is 27.3. The zero-order valence-electron chi connectivity index (χ0n) is 43.4. The summed E-state index contributed by atoms with van der Waals surface area (Å²) in [7, 11) is 0. The molecule has 0 fully saturated rings. The molecule has 13 aromatic carbocycles. The van der Waals surface area contributed by atoms with Crippen molar-refractivity contribution in [1.82, 2.24) is 4.57 Å². The summed E-state index contributed by atoms with van der Waals surface area (Å²) in [4.78, 5) is 2.48. The van der Waals surface area contributed by atoms with Gasteiger partial charge in [-0.25, -0.2) is 0 Å². The smallest absolute Gasteiger partial charge is 0.0714 e. The normalized spacial score (nSPS) is 12.4. The van der Waals surface area contributed by atoms with Gasteiger partial charge in [-0.2, -0.15) is 0 Å². The van der Waals surface area contributed by atoms with Gasteiger partial charge in [0, 0.05) is 33.2 Å². The van der Waals surface area contributed by atoms with Crippen molar-refractivity contribution in [2.45, 2.75) is 5.41 Å². The third kappa shape index (κ3) is 7.64. The molecular formula is C77H52N2. The van der Waals surface area contributed by atoms with Gasteiger partial charge in [0.1, 0.15) is 0 Å². The lowest BCUT2D eigenvalue weighted by atomic mass is 9.67. The van der Waals surface area contributed by atoms with Crippen LogP contribution in [0.4, 0.5) is 17.1 Å². The number of anilines is 3. The summed E-state index contributed by atoms with van der Waals surface area (Å²) in [6.07, 6.45) is 0. The SMILES string of the molecule is c1ccc(-c2cccc(-c3cccc(-n4c5ccccc5c5ccc(-c6ccccc6-c6cccc(N(c7ccc8c(c7)C(c7ccccc7)(c7ccccc7)c7ccccc7-8)c7cccc8ccccc78)c6)cc54)c3)c2)cc1. The molecule has 0 unspecified atom stereocenters. The Morgan fingerprint density at radius 2 is 0.785 bits per heavy atom. The molecule has 0 amide bonds. The Morgan fingerprint density at radius 1 is 0.266 bits per heavy atom. The van der Waals surface area contributed by atoms with Gasteiger partial charge in [-0.05, 0) is 144 Å². The predicted molar refractivity (Wildman–Crippen MR) is 332 cm³/mol. The number of nitrogens with zero attached hydrogens (tertiary/aromatic N) is 2. The van der Waals surface area contributed by atoms with Crippen LogP contribution in [0.15, 0.2) is 315 Å². The van der Waals surface area contributed by atoms with Crippen LogP contribution in [0.1, 0.15) is 22.3 Å². The number of hydrogen-bond donors (Lipinski definition) is 0. The van der Waals surface area contributed by atoms with E-state index in [0.717, 1.165) is 33.9 Å². The lowest BCUT2D eigenvalue weighted by molar-refractivity contribution is 0.768. The topological polar surface area (TPSA) is 8.17 Å². The Bertz CT molecular complexity index is 4560. The minimum Gasteiger partial charge on any atom is -0.310 e. The summed E-state index contributed by atoms with van der Waals surface area (Å²) in [5.74, 6) is 0. The van der Waals surface area contributed by atoms with E-state index in [4.69, 9.17) is 0 Å². The van der Waals surface area contributed by atoms with Crippen LogP contribution in [-0.4, -0.2) is 4.57 Å². The highest BCUT2D eigenvalue weighted by atomic mass is 15.1. The first-order chi connectivity index (χ1) is 39.2. The molecule has 2 nitrogen and oxygen atoms in total. The third-order valence-electron chi connectivity index (χ3n) is 16.4. The molecule has 0 saturated carbocycles. The van der Waals surface area contributed by atoms with E-state index in [0.29, 0.717) is 0 Å². The van der Waals surface area contributed by atoms with Crippen LogP contribution in [-0.2, 0) is 5.41 Å². The van der Waals surface area contributed by atoms with Crippen LogP contribution >= 0.6 is 0 Å². The monoisotopic (exact) mass is 1000 g/mol. The summed E-state index contributed by atoms with van der Waals surface area (Å²) in [5, 5.41) is 4.84. The zero-order valence-corrected chi connectivity index (χ0v) is 43.4. The summed E-state index contributed by atoms with van der Waals surface area (Å²) in [6.45, 7) is 0. The van der Waals surface area contributed by atoms with Crippen LogP contribution in [0, 0.1) is 0 Å². The number of fused-ring (bicyclic) bond motifs is 7. The molecule has 0 atom stereocenters. The third-order valence-corrected chi connectivity index (χ3v) is 16.4. The van der Waals surface area contributed by atoms with Crippen LogP contribution in [0.2, 0.25) is 0 Å². The maximum absolute atomic E-state index is 2.48. The zero-order chi connectivity index (χ0) is 52.3. The second-order valence-electron chi connectivity index (χ2n) is 20.8. The van der Waals surface area contributed by atoms with Gasteiger partial charge in [0.2, 0.25) is 0 Å². The summed E-state index contributed by atoms with van der Waals surface area (Å²) < 4.78 is 2.45. The van der Waals surface area contributed by atoms with Gasteiger partial charge < -0.3 is 9.47 Å². The molecule has 1 aromatic heterocycles. The Hall–Kier alpha value is -10.3. The highest BCUT2D eigenvalue weighted by Gasteiger charge is 2.46. The van der Waals surface area contributed by atoms with Crippen molar-refractivity contribution in [3.05, 3.63) is 338 Å². The minimum absolute atomic E-state index is 0.542. The van der Waals surface area contributed by atoms with E-state index in [1.165, 1.54) is 99.3 Å². The van der Waals surface area contributed by atoms with Crippen LogP contribution in [0.5, 0.6) is 0 Å². The van der Waals surface area contributed by atoms with E-state index in [-0.39, 0.29) is 0 Å². The van der Waals surface area contributed by atoms with Crippen molar-refractivity contribution in [2.75, 3.05) is 4.90 Å². The van der Waals surface area contributed by atoms with Crippen molar-refractivity contribution in [1.29, 1.82) is 0 Å². The largest absolute Gasteiger partial charge is 0.310 e. The van der Waals surface area contributed by atoms with Crippen molar-refractivity contribution in [3.8, 4) is 61.3 Å². The van der Waals surface area contributed by atoms with E-state index in [1.807, 2.05) is 0 Å². The van der Waals surface area contributed by atoms with Gasteiger partial charge in [-0.15, -0.1) is 0 Å². The molecule has 0 aliphatic heterocycles. The highest BCUT2D eigenvalue weighted by molar-refractivity contribution is 6.11. The summed E-state index contributed by atoms with van der Waals surface area (Å²) in [6, 6.07) is 116. The van der Waals surface area contributed by atoms with Crippen LogP contribution in [0.3, 0.4) is 0 Å². The quantitative estimate of drug-likeness (QED) is 0.133. The molecule has 0 bridgehead atoms. The van der Waals surface area contributed by atoms with E-state index >= 15 is 0 Å². The van der Waals surface area contributed by atoms with Crippen molar-refractivity contribution < 1.29 is 0 Å². The van der Waals surface area contributed by atoms with Gasteiger partial charge in [-0.3, -0.25) is 0 Å². The molecule has 370 valence electrons. The lowest BCUT2D eigenvalue weighted by Crippen LogP contribution is -2.28. The van der Waals surface area contributed by atoms with Crippen molar-refractivity contribution in [2.24, 2.45) is 0 Å². The number of para-hydroxylation sites is 1. The number of aromatic nitrogens is 1. The van der Waals surface area contributed by atoms with E-state index < -0.39 is 5.41 Å². The second kappa shape index (κ2) is 19.1. The van der Waals surface area contributed by atoms with Gasteiger partial charge in [0.25, 0.3) is 0 Å². The Morgan fingerprint density at radius 3 is 1.56 bits per heavy atom. The fourth-order valence-corrected chi connectivity index (χ4v) is 13.0. The standard InChI is InChI=1S/C77H52N2/c1-4-22-53(23-5-1)55-26-18-27-56(48-55)57-28-19-35-63(49-57)79-75-42-17-15-40-70(75)71-46-44-59(51-76(71)79)66-37-13-12-36-65(66)58-29-20-34-62(50-58)78(74-43-21-25-54-24-10-11-38-67(54)74)64-45-47-69-68-39-14-16-41-72(68)77(73(69)52-64,60-30-6-2-7-31-60)61-32-8-3-9-33-61/h1-52H. The molecule has 1 heterocycles. The molecule has 0 spiro atoms. The Kier molecular flexibility index (Phi) is 11.1. The Balaban J connectivity index is 0.881. The highest BCUT2D eigenvalue weighted by Crippen LogP contribution is 2.57. The number of rotatable bonds is 10. The van der Waals surface area contributed by atoms with E-state index in [1.54, 1.807) is 0 Å². The minimum atomic E-state index is -0.542. The van der Waals surface area contributed by atoms with Gasteiger partial charge in [0.05, 0.1) is 22.1 Å². The first-order valence-electron chi connectivity index (χ1n) is 27.3. The number of hydrogen-bond acceptors (Lipinski definition) is 1. The molecule has 1 aliphatic rings. The van der Waals surface area contributed by atoms with Crippen molar-refractivity contribution in [3.63, 3.8) is 0 Å². The first kappa shape index (κ1) is 46.1. The van der Waals surface area contributed by atoms with Gasteiger partial charge in [0.15, 0.2) is 0 Å². The molecule has 0 saturated heterocycles. The van der Waals surface area contributed by atoms with Gasteiger partial charge in [-0.1, -0.05) is 255 Å². The number of benzene rings is 13. The molecule has 0 radical (unpaired) electrons. The maximum Gasteiger partial charge on any atom is 0.0714 e. The molecule has 0 N–H and O–H groups in total. The lowest BCUT2D eigenvalue weighted by Gasteiger charge is -2.35. The Labute approximate surface area is 461 Å². The van der Waals surface area contributed by atoms with E-state index in [2.05, 4.69) is 325 Å². The second-order valence-corrected chi connectivity index (χ2v) is 20.8. The average molecular weight is 1010 g/mol. The van der Waals surface area contributed by atoms with Crippen LogP contribution < -0.4 is 4.90 Å². The fraction of sp³-hybridized carbons (Fsp3) is 0.0130. The maximum atomic E-state index is 2.48. The van der Waals surface area contributed by atoms with Crippen LogP contribution in [0.25, 0.3) is 93.9 Å². The molecule has 15 rings (SSSR count). The van der Waals surface area contributed by atoms with Gasteiger partial charge >= 0.3 is 0 Å². The molecule has 79 heavy (non-hydrogen) atoms. The molecule has 14 aromatic rings. The van der Waals surface area contributed by atoms with E-state index in [9.17, 15) is 0 Å². The van der Waals surface area contributed by atoms with Crippen molar-refractivity contribution >= 4 is 49.6 Å².